The second kappa shape index (κ2) is 6.56. The van der Waals surface area contributed by atoms with Crippen molar-refractivity contribution < 1.29 is 0 Å². The van der Waals surface area contributed by atoms with E-state index in [1.807, 2.05) is 0 Å². The van der Waals surface area contributed by atoms with Crippen molar-refractivity contribution in [1.29, 1.82) is 0 Å². The van der Waals surface area contributed by atoms with E-state index >= 15 is 0 Å². The van der Waals surface area contributed by atoms with Crippen molar-refractivity contribution in [3.8, 4) is 0 Å². The monoisotopic (exact) mass is 264 g/mol. The summed E-state index contributed by atoms with van der Waals surface area (Å²) in [6.45, 7) is 8.63. The summed E-state index contributed by atoms with van der Waals surface area (Å²) >= 11 is 0. The number of hydrogen-bond acceptors (Lipinski definition) is 0. The summed E-state index contributed by atoms with van der Waals surface area (Å²) in [7, 11) is 0. The van der Waals surface area contributed by atoms with Crippen molar-refractivity contribution in [2.75, 3.05) is 0 Å². The van der Waals surface area contributed by atoms with Gasteiger partial charge >= 0.3 is 0 Å². The Morgan fingerprint density at radius 2 is 1.80 bits per heavy atom. The first kappa shape index (κ1) is 14.6. The molecular weight excluding hydrogens is 240 g/mol. The Kier molecular flexibility index (Phi) is 4.79. The summed E-state index contributed by atoms with van der Waals surface area (Å²) in [5.74, 6) is 0. The Bertz CT molecular complexity index is 618. The van der Waals surface area contributed by atoms with E-state index in [4.69, 9.17) is 0 Å². The fraction of sp³-hybridized carbons (Fsp3) is 0.300. The first-order valence-corrected chi connectivity index (χ1v) is 7.38. The molecule has 0 saturated heterocycles. The molecule has 0 aromatic heterocycles. The second-order valence-electron chi connectivity index (χ2n) is 5.60. The molecule has 104 valence electrons. The molecule has 0 atom stereocenters. The van der Waals surface area contributed by atoms with Gasteiger partial charge in [-0.1, -0.05) is 54.1 Å². The summed E-state index contributed by atoms with van der Waals surface area (Å²) in [4.78, 5) is 0. The van der Waals surface area contributed by atoms with Gasteiger partial charge in [-0.2, -0.15) is 0 Å². The number of benzene rings is 2. The third-order valence-electron chi connectivity index (χ3n) is 4.00. The van der Waals surface area contributed by atoms with Crippen LogP contribution in [0.4, 0.5) is 0 Å². The molecule has 0 fully saturated rings. The molecule has 0 aliphatic carbocycles. The van der Waals surface area contributed by atoms with Crippen LogP contribution in [-0.2, 0) is 12.8 Å². The lowest BCUT2D eigenvalue weighted by atomic mass is 9.97. The van der Waals surface area contributed by atoms with E-state index in [1.165, 1.54) is 33.4 Å². The van der Waals surface area contributed by atoms with Gasteiger partial charge in [0.15, 0.2) is 0 Å². The average Bonchev–Trinajstić information content (AvgIpc) is 2.46. The van der Waals surface area contributed by atoms with E-state index in [-0.39, 0.29) is 0 Å². The van der Waals surface area contributed by atoms with Crippen molar-refractivity contribution in [2.24, 2.45) is 0 Å². The van der Waals surface area contributed by atoms with Gasteiger partial charge in [0.25, 0.3) is 0 Å². The predicted octanol–water partition coefficient (Wildman–Crippen LogP) is 5.51. The van der Waals surface area contributed by atoms with E-state index in [1.54, 1.807) is 0 Å². The lowest BCUT2D eigenvalue weighted by Gasteiger charge is -2.08. The molecule has 2 aromatic carbocycles. The van der Waals surface area contributed by atoms with Gasteiger partial charge in [0, 0.05) is 0 Å². The first-order valence-electron chi connectivity index (χ1n) is 7.38. The molecule has 0 spiro atoms. The molecule has 0 heteroatoms. The molecule has 0 unspecified atom stereocenters. The van der Waals surface area contributed by atoms with Gasteiger partial charge in [-0.15, -0.1) is 0 Å². The van der Waals surface area contributed by atoms with Crippen LogP contribution >= 0.6 is 0 Å². The van der Waals surface area contributed by atoms with Crippen LogP contribution in [-0.4, -0.2) is 0 Å². The number of hydrogen-bond donors (Lipinski definition) is 0. The average molecular weight is 264 g/mol. The highest BCUT2D eigenvalue weighted by Crippen LogP contribution is 2.18. The standard InChI is InChI=1S/C20H24/c1-5-16(3)20-8-6-7-18(14-20)10-12-19-11-9-15(2)13-17(19)4/h5-9,11,13-14H,10,12H2,1-4H3. The maximum atomic E-state index is 2.32. The van der Waals surface area contributed by atoms with E-state index in [2.05, 4.69) is 76.2 Å². The van der Waals surface area contributed by atoms with Crippen LogP contribution in [0.25, 0.3) is 5.57 Å². The van der Waals surface area contributed by atoms with E-state index in [0.29, 0.717) is 0 Å². The van der Waals surface area contributed by atoms with Crippen LogP contribution in [0.1, 0.15) is 41.7 Å². The number of aryl methyl sites for hydroxylation is 4. The largest absolute Gasteiger partial charge is 0.0841 e. The van der Waals surface area contributed by atoms with E-state index in [9.17, 15) is 0 Å². The van der Waals surface area contributed by atoms with Gasteiger partial charge in [-0.05, 0) is 68.4 Å². The predicted molar refractivity (Wildman–Crippen MR) is 89.1 cm³/mol. The van der Waals surface area contributed by atoms with Crippen molar-refractivity contribution in [3.05, 3.63) is 76.4 Å². The molecule has 20 heavy (non-hydrogen) atoms. The molecule has 0 nitrogen and oxygen atoms in total. The summed E-state index contributed by atoms with van der Waals surface area (Å²) in [5.41, 5.74) is 8.32. The summed E-state index contributed by atoms with van der Waals surface area (Å²) in [6.07, 6.45) is 4.39. The molecule has 0 bridgehead atoms. The van der Waals surface area contributed by atoms with E-state index < -0.39 is 0 Å². The molecule has 0 aliphatic rings. The third-order valence-corrected chi connectivity index (χ3v) is 4.00. The van der Waals surface area contributed by atoms with Crippen molar-refractivity contribution in [3.63, 3.8) is 0 Å². The van der Waals surface area contributed by atoms with Crippen molar-refractivity contribution in [1.82, 2.24) is 0 Å². The Labute approximate surface area is 123 Å². The minimum absolute atomic E-state index is 1.11. The minimum atomic E-state index is 1.11. The van der Waals surface area contributed by atoms with Gasteiger partial charge in [-0.25, -0.2) is 0 Å². The first-order chi connectivity index (χ1) is 9.60. The molecule has 2 aromatic rings. The van der Waals surface area contributed by atoms with Crippen LogP contribution in [0, 0.1) is 13.8 Å². The zero-order valence-electron chi connectivity index (χ0n) is 13.0. The van der Waals surface area contributed by atoms with Crippen molar-refractivity contribution >= 4 is 5.57 Å². The Morgan fingerprint density at radius 3 is 2.50 bits per heavy atom. The molecule has 0 N–H and O–H groups in total. The van der Waals surface area contributed by atoms with Gasteiger partial charge in [-0.3, -0.25) is 0 Å². The molecule has 0 saturated carbocycles. The molecular formula is C20H24. The Hall–Kier alpha value is -1.82. The molecule has 0 amide bonds. The fourth-order valence-electron chi connectivity index (χ4n) is 2.54. The fourth-order valence-corrected chi connectivity index (χ4v) is 2.54. The summed E-state index contributed by atoms with van der Waals surface area (Å²) in [6, 6.07) is 15.7. The highest BCUT2D eigenvalue weighted by Gasteiger charge is 2.01. The molecule has 0 heterocycles. The topological polar surface area (TPSA) is 0 Å². The smallest absolute Gasteiger partial charge is 0.0228 e. The second-order valence-corrected chi connectivity index (χ2v) is 5.60. The molecule has 0 radical (unpaired) electrons. The van der Waals surface area contributed by atoms with Crippen LogP contribution < -0.4 is 0 Å². The van der Waals surface area contributed by atoms with Crippen LogP contribution in [0.5, 0.6) is 0 Å². The van der Waals surface area contributed by atoms with Crippen LogP contribution in [0.2, 0.25) is 0 Å². The zero-order chi connectivity index (χ0) is 14.5. The summed E-state index contributed by atoms with van der Waals surface area (Å²) in [5, 5.41) is 0. The quantitative estimate of drug-likeness (QED) is 0.683. The van der Waals surface area contributed by atoms with Gasteiger partial charge in [0.1, 0.15) is 0 Å². The summed E-state index contributed by atoms with van der Waals surface area (Å²) < 4.78 is 0. The Balaban J connectivity index is 2.11. The Morgan fingerprint density at radius 1 is 1.00 bits per heavy atom. The normalized spacial score (nSPS) is 11.7. The van der Waals surface area contributed by atoms with Crippen LogP contribution in [0.15, 0.2) is 48.5 Å². The minimum Gasteiger partial charge on any atom is -0.0841 e. The van der Waals surface area contributed by atoms with Crippen LogP contribution in [0.3, 0.4) is 0 Å². The molecule has 0 aliphatic heterocycles. The molecule has 2 rings (SSSR count). The van der Waals surface area contributed by atoms with Gasteiger partial charge in [0.2, 0.25) is 0 Å². The highest BCUT2D eigenvalue weighted by molar-refractivity contribution is 5.63. The lowest BCUT2D eigenvalue weighted by Crippen LogP contribution is -1.95. The van der Waals surface area contributed by atoms with Gasteiger partial charge in [0.05, 0.1) is 0 Å². The number of rotatable bonds is 4. The van der Waals surface area contributed by atoms with Gasteiger partial charge < -0.3 is 0 Å². The SMILES string of the molecule is CC=C(C)c1cccc(CCc2ccc(C)cc2C)c1. The highest BCUT2D eigenvalue weighted by atomic mass is 14.1. The van der Waals surface area contributed by atoms with E-state index in [0.717, 1.165) is 12.8 Å². The maximum Gasteiger partial charge on any atom is -0.0228 e. The third kappa shape index (κ3) is 3.60. The lowest BCUT2D eigenvalue weighted by molar-refractivity contribution is 0.947. The van der Waals surface area contributed by atoms with Crippen molar-refractivity contribution in [2.45, 2.75) is 40.5 Å². The number of allylic oxidation sites excluding steroid dienone is 2. The maximum absolute atomic E-state index is 2.32. The zero-order valence-corrected chi connectivity index (χ0v) is 13.0.